The van der Waals surface area contributed by atoms with Crippen molar-refractivity contribution >= 4 is 34.8 Å². The Bertz CT molecular complexity index is 655. The van der Waals surface area contributed by atoms with Gasteiger partial charge in [-0.1, -0.05) is 11.6 Å². The molecule has 1 heterocycles. The van der Waals surface area contributed by atoms with Gasteiger partial charge in [-0.25, -0.2) is 4.68 Å². The third-order valence-corrected chi connectivity index (χ3v) is 2.65. The summed E-state index contributed by atoms with van der Waals surface area (Å²) in [6, 6.07) is 6.74. The summed E-state index contributed by atoms with van der Waals surface area (Å²) in [7, 11) is 0. The highest BCUT2D eigenvalue weighted by molar-refractivity contribution is 7.80. The van der Waals surface area contributed by atoms with E-state index in [9.17, 15) is 9.90 Å². The van der Waals surface area contributed by atoms with Gasteiger partial charge < -0.3 is 10.8 Å². The number of aromatic hydroxyl groups is 1. The molecule has 0 saturated carbocycles. The molecule has 0 fully saturated rings. The number of hydrogen-bond acceptors (Lipinski definition) is 4. The van der Waals surface area contributed by atoms with Crippen molar-refractivity contribution in [2.45, 2.75) is 0 Å². The number of rotatable bonds is 2. The van der Waals surface area contributed by atoms with E-state index in [1.54, 1.807) is 24.3 Å². The largest absolute Gasteiger partial charge is 0.504 e. The van der Waals surface area contributed by atoms with Crippen molar-refractivity contribution in [2.24, 2.45) is 5.73 Å². The summed E-state index contributed by atoms with van der Waals surface area (Å²) in [5, 5.41) is 14.2. The molecule has 5 N–H and O–H groups in total. The Morgan fingerprint density at radius 2 is 2.00 bits per heavy atom. The van der Waals surface area contributed by atoms with Gasteiger partial charge in [0.1, 0.15) is 0 Å². The van der Waals surface area contributed by atoms with Gasteiger partial charge in [-0.15, -0.1) is 0 Å². The molecule has 0 aliphatic carbocycles. The van der Waals surface area contributed by atoms with Gasteiger partial charge >= 0.3 is 0 Å². The van der Waals surface area contributed by atoms with Gasteiger partial charge in [-0.2, -0.15) is 5.10 Å². The van der Waals surface area contributed by atoms with Crippen LogP contribution in [0.4, 0.5) is 0 Å². The minimum atomic E-state index is -0.664. The number of amides is 1. The summed E-state index contributed by atoms with van der Waals surface area (Å²) in [4.78, 5) is 11.7. The molecule has 1 aromatic heterocycles. The Labute approximate surface area is 124 Å². The molecule has 9 heteroatoms. The van der Waals surface area contributed by atoms with E-state index in [4.69, 9.17) is 17.3 Å². The molecule has 104 valence electrons. The zero-order chi connectivity index (χ0) is 14.7. The normalized spacial score (nSPS) is 10.1. The van der Waals surface area contributed by atoms with Gasteiger partial charge in [0, 0.05) is 5.02 Å². The van der Waals surface area contributed by atoms with Crippen LogP contribution in [0.25, 0.3) is 5.69 Å². The third-order valence-electron chi connectivity index (χ3n) is 2.30. The molecule has 0 saturated heterocycles. The highest BCUT2D eigenvalue weighted by Gasteiger charge is 2.16. The van der Waals surface area contributed by atoms with Gasteiger partial charge in [0.05, 0.1) is 11.9 Å². The molecular formula is C11H10ClN5O2S. The Morgan fingerprint density at radius 1 is 1.35 bits per heavy atom. The number of thiocarbonyl (C=S) groups is 1. The maximum atomic E-state index is 11.7. The zero-order valence-corrected chi connectivity index (χ0v) is 11.6. The van der Waals surface area contributed by atoms with Crippen molar-refractivity contribution in [2.75, 3.05) is 0 Å². The average Bonchev–Trinajstić information content (AvgIpc) is 2.79. The van der Waals surface area contributed by atoms with Crippen LogP contribution >= 0.6 is 23.8 Å². The second kappa shape index (κ2) is 5.76. The highest BCUT2D eigenvalue weighted by Crippen LogP contribution is 2.19. The molecule has 0 spiro atoms. The first-order valence-electron chi connectivity index (χ1n) is 5.37. The maximum Gasteiger partial charge on any atom is 0.294 e. The minimum absolute atomic E-state index is 0.102. The molecule has 0 aliphatic heterocycles. The van der Waals surface area contributed by atoms with E-state index < -0.39 is 5.91 Å². The van der Waals surface area contributed by atoms with Crippen LogP contribution in [-0.4, -0.2) is 25.9 Å². The van der Waals surface area contributed by atoms with Crippen molar-refractivity contribution in [3.05, 3.63) is 41.2 Å². The molecule has 0 bridgehead atoms. The first kappa shape index (κ1) is 14.1. The van der Waals surface area contributed by atoms with Crippen molar-refractivity contribution in [3.63, 3.8) is 0 Å². The molecule has 0 atom stereocenters. The van der Waals surface area contributed by atoms with Gasteiger partial charge in [0.2, 0.25) is 0 Å². The summed E-state index contributed by atoms with van der Waals surface area (Å²) >= 11 is 10.3. The van der Waals surface area contributed by atoms with E-state index in [-0.39, 0.29) is 16.6 Å². The summed E-state index contributed by atoms with van der Waals surface area (Å²) in [5.74, 6) is -0.940. The molecule has 20 heavy (non-hydrogen) atoms. The number of aromatic nitrogens is 2. The van der Waals surface area contributed by atoms with E-state index in [1.807, 2.05) is 0 Å². The average molecular weight is 312 g/mol. The fourth-order valence-corrected chi connectivity index (χ4v) is 1.61. The predicted molar refractivity (Wildman–Crippen MR) is 77.6 cm³/mol. The van der Waals surface area contributed by atoms with Crippen LogP contribution in [0.2, 0.25) is 5.02 Å². The van der Waals surface area contributed by atoms with Crippen LogP contribution in [-0.2, 0) is 0 Å². The van der Waals surface area contributed by atoms with E-state index in [2.05, 4.69) is 28.2 Å². The number of nitrogens with one attached hydrogen (secondary N) is 2. The number of hydrazine groups is 1. The smallest absolute Gasteiger partial charge is 0.294 e. The van der Waals surface area contributed by atoms with Crippen molar-refractivity contribution in [3.8, 4) is 11.4 Å². The summed E-state index contributed by atoms with van der Waals surface area (Å²) in [6.07, 6.45) is 1.30. The number of carbonyl (C=O) groups excluding carboxylic acids is 1. The molecule has 2 rings (SSSR count). The molecule has 0 radical (unpaired) electrons. The van der Waals surface area contributed by atoms with Crippen molar-refractivity contribution in [1.29, 1.82) is 0 Å². The summed E-state index contributed by atoms with van der Waals surface area (Å²) in [5.41, 5.74) is 10.1. The maximum absolute atomic E-state index is 11.7. The Hall–Kier alpha value is -2.32. The second-order valence-electron chi connectivity index (χ2n) is 3.73. The van der Waals surface area contributed by atoms with Crippen LogP contribution in [0.5, 0.6) is 5.75 Å². The minimum Gasteiger partial charge on any atom is -0.504 e. The van der Waals surface area contributed by atoms with Crippen molar-refractivity contribution in [1.82, 2.24) is 20.6 Å². The lowest BCUT2D eigenvalue weighted by Gasteiger charge is -2.04. The van der Waals surface area contributed by atoms with Gasteiger partial charge in [-0.3, -0.25) is 15.6 Å². The Kier molecular flexibility index (Phi) is 4.06. The van der Waals surface area contributed by atoms with E-state index >= 15 is 0 Å². The number of hydrogen-bond donors (Lipinski definition) is 4. The quantitative estimate of drug-likeness (QED) is 0.481. The molecule has 2 aromatic rings. The molecule has 0 unspecified atom stereocenters. The highest BCUT2D eigenvalue weighted by atomic mass is 35.5. The third kappa shape index (κ3) is 3.16. The lowest BCUT2D eigenvalue weighted by molar-refractivity contribution is 0.0936. The number of nitrogens with zero attached hydrogens (tertiary/aromatic N) is 2. The van der Waals surface area contributed by atoms with Crippen LogP contribution in [0.15, 0.2) is 30.5 Å². The standard InChI is InChI=1S/C11H10ClN5O2S/c12-6-1-3-7(4-2-6)17-5-8(18)9(16-17)10(19)14-15-11(13)20/h1-5,18H,(H,14,19)(H3,13,15,20). The van der Waals surface area contributed by atoms with E-state index in [1.165, 1.54) is 10.9 Å². The van der Waals surface area contributed by atoms with Crippen LogP contribution < -0.4 is 16.6 Å². The molecule has 7 nitrogen and oxygen atoms in total. The number of carbonyl (C=O) groups is 1. The first-order chi connectivity index (χ1) is 9.47. The molecule has 1 amide bonds. The SMILES string of the molecule is NC(=S)NNC(=O)c1nn(-c2ccc(Cl)cc2)cc1O. The van der Waals surface area contributed by atoms with Gasteiger partial charge in [0.25, 0.3) is 5.91 Å². The topological polar surface area (TPSA) is 105 Å². The van der Waals surface area contributed by atoms with Gasteiger partial charge in [0.15, 0.2) is 16.6 Å². The lowest BCUT2D eigenvalue weighted by atomic mass is 10.3. The summed E-state index contributed by atoms with van der Waals surface area (Å²) < 4.78 is 1.35. The number of halogens is 1. The fraction of sp³-hybridized carbons (Fsp3) is 0. The van der Waals surface area contributed by atoms with E-state index in [0.717, 1.165) is 0 Å². The van der Waals surface area contributed by atoms with Crippen LogP contribution in [0.1, 0.15) is 10.5 Å². The van der Waals surface area contributed by atoms with Crippen molar-refractivity contribution < 1.29 is 9.90 Å². The first-order valence-corrected chi connectivity index (χ1v) is 6.16. The van der Waals surface area contributed by atoms with E-state index in [0.29, 0.717) is 10.7 Å². The van der Waals surface area contributed by atoms with Gasteiger partial charge in [-0.05, 0) is 36.5 Å². The monoisotopic (exact) mass is 311 g/mol. The number of benzene rings is 1. The zero-order valence-electron chi connectivity index (χ0n) is 10.0. The Balaban J connectivity index is 2.23. The fourth-order valence-electron chi connectivity index (χ4n) is 1.43. The van der Waals surface area contributed by atoms with Crippen LogP contribution in [0.3, 0.4) is 0 Å². The molecule has 0 aliphatic rings. The predicted octanol–water partition coefficient (Wildman–Crippen LogP) is 0.709. The summed E-state index contributed by atoms with van der Waals surface area (Å²) in [6.45, 7) is 0. The second-order valence-corrected chi connectivity index (χ2v) is 4.60. The molecular weight excluding hydrogens is 302 g/mol. The lowest BCUT2D eigenvalue weighted by Crippen LogP contribution is -2.44. The number of nitrogens with two attached hydrogens (primary N) is 1. The molecule has 1 aromatic carbocycles. The Morgan fingerprint density at radius 3 is 2.60 bits per heavy atom. The van der Waals surface area contributed by atoms with Crippen LogP contribution in [0, 0.1) is 0 Å².